The van der Waals surface area contributed by atoms with E-state index in [4.69, 9.17) is 34.8 Å². The van der Waals surface area contributed by atoms with Gasteiger partial charge in [0.2, 0.25) is 0 Å². The van der Waals surface area contributed by atoms with Crippen molar-refractivity contribution in [3.8, 4) is 0 Å². The molecule has 0 amide bonds. The third-order valence-electron chi connectivity index (χ3n) is 3.09. The van der Waals surface area contributed by atoms with Crippen LogP contribution in [0.1, 0.15) is 17.2 Å². The average Bonchev–Trinajstić information content (AvgIpc) is 2.41. The van der Waals surface area contributed by atoms with Crippen molar-refractivity contribution in [2.45, 2.75) is 12.5 Å². The van der Waals surface area contributed by atoms with E-state index < -0.39 is 0 Å². The third-order valence-corrected chi connectivity index (χ3v) is 4.29. The van der Waals surface area contributed by atoms with Crippen LogP contribution in [0.2, 0.25) is 15.1 Å². The molecule has 1 nitrogen and oxygen atoms in total. The lowest BCUT2D eigenvalue weighted by atomic mass is 9.99. The van der Waals surface area contributed by atoms with E-state index in [2.05, 4.69) is 5.32 Å². The van der Waals surface area contributed by atoms with Gasteiger partial charge in [-0.15, -0.1) is 0 Å². The SMILES string of the molecule is CNC(Cc1ccccc1Cl)c1cccc(Cl)c1Cl. The van der Waals surface area contributed by atoms with Crippen LogP contribution < -0.4 is 5.32 Å². The maximum Gasteiger partial charge on any atom is 0.0640 e. The molecule has 2 aromatic carbocycles. The summed E-state index contributed by atoms with van der Waals surface area (Å²) < 4.78 is 0. The molecule has 4 heteroatoms. The molecule has 0 bridgehead atoms. The number of likely N-dealkylation sites (N-methyl/N-ethyl adjacent to an activating group) is 1. The largest absolute Gasteiger partial charge is 0.313 e. The summed E-state index contributed by atoms with van der Waals surface area (Å²) in [6.45, 7) is 0. The van der Waals surface area contributed by atoms with E-state index >= 15 is 0 Å². The predicted molar refractivity (Wildman–Crippen MR) is 83.4 cm³/mol. The molecule has 0 saturated heterocycles. The second kappa shape index (κ2) is 6.62. The Morgan fingerprint density at radius 2 is 1.63 bits per heavy atom. The molecule has 1 N–H and O–H groups in total. The van der Waals surface area contributed by atoms with Gasteiger partial charge in [-0.3, -0.25) is 0 Å². The van der Waals surface area contributed by atoms with Crippen LogP contribution in [0.3, 0.4) is 0 Å². The molecule has 0 spiro atoms. The summed E-state index contributed by atoms with van der Waals surface area (Å²) in [5.74, 6) is 0. The number of benzene rings is 2. The Balaban J connectivity index is 2.31. The van der Waals surface area contributed by atoms with Crippen molar-refractivity contribution in [3.63, 3.8) is 0 Å². The number of halogens is 3. The zero-order valence-corrected chi connectivity index (χ0v) is 12.7. The van der Waals surface area contributed by atoms with E-state index in [0.717, 1.165) is 22.6 Å². The third kappa shape index (κ3) is 3.43. The Labute approximate surface area is 128 Å². The van der Waals surface area contributed by atoms with Gasteiger partial charge in [-0.05, 0) is 36.7 Å². The number of nitrogens with one attached hydrogen (secondary N) is 1. The van der Waals surface area contributed by atoms with E-state index in [0.29, 0.717) is 10.0 Å². The minimum absolute atomic E-state index is 0.0751. The number of rotatable bonds is 4. The smallest absolute Gasteiger partial charge is 0.0640 e. The van der Waals surface area contributed by atoms with Crippen LogP contribution in [-0.4, -0.2) is 7.05 Å². The van der Waals surface area contributed by atoms with Crippen LogP contribution in [0.15, 0.2) is 42.5 Å². The van der Waals surface area contributed by atoms with Gasteiger partial charge in [-0.25, -0.2) is 0 Å². The Hall–Kier alpha value is -0.730. The number of hydrogen-bond acceptors (Lipinski definition) is 1. The van der Waals surface area contributed by atoms with Gasteiger partial charge in [0.1, 0.15) is 0 Å². The van der Waals surface area contributed by atoms with Gasteiger partial charge >= 0.3 is 0 Å². The molecule has 0 aliphatic carbocycles. The van der Waals surface area contributed by atoms with E-state index in [1.807, 2.05) is 43.4 Å². The zero-order valence-electron chi connectivity index (χ0n) is 10.5. The molecule has 1 atom stereocenters. The van der Waals surface area contributed by atoms with Gasteiger partial charge in [0.25, 0.3) is 0 Å². The molecule has 1 unspecified atom stereocenters. The van der Waals surface area contributed by atoms with Crippen molar-refractivity contribution >= 4 is 34.8 Å². The summed E-state index contributed by atoms with van der Waals surface area (Å²) in [5.41, 5.74) is 2.07. The van der Waals surface area contributed by atoms with Crippen LogP contribution >= 0.6 is 34.8 Å². The first-order chi connectivity index (χ1) is 9.13. The molecule has 0 aliphatic rings. The van der Waals surface area contributed by atoms with Crippen molar-refractivity contribution in [2.24, 2.45) is 0 Å². The van der Waals surface area contributed by atoms with Crippen molar-refractivity contribution in [3.05, 3.63) is 68.7 Å². The highest BCUT2D eigenvalue weighted by atomic mass is 35.5. The molecular formula is C15H14Cl3N. The molecule has 0 aromatic heterocycles. The lowest BCUT2D eigenvalue weighted by Crippen LogP contribution is -2.19. The first-order valence-corrected chi connectivity index (χ1v) is 7.11. The fourth-order valence-corrected chi connectivity index (χ4v) is 2.69. The fourth-order valence-electron chi connectivity index (χ4n) is 2.04. The van der Waals surface area contributed by atoms with Crippen molar-refractivity contribution in [1.29, 1.82) is 0 Å². The Morgan fingerprint density at radius 3 is 2.32 bits per heavy atom. The van der Waals surface area contributed by atoms with Crippen LogP contribution in [0.4, 0.5) is 0 Å². The molecule has 2 aromatic rings. The van der Waals surface area contributed by atoms with Crippen LogP contribution in [0.5, 0.6) is 0 Å². The summed E-state index contributed by atoms with van der Waals surface area (Å²) in [7, 11) is 1.90. The fraction of sp³-hybridized carbons (Fsp3) is 0.200. The maximum atomic E-state index is 6.27. The predicted octanol–water partition coefficient (Wildman–Crippen LogP) is 5.15. The van der Waals surface area contributed by atoms with Gasteiger partial charge in [0.05, 0.1) is 10.0 Å². The zero-order chi connectivity index (χ0) is 13.8. The van der Waals surface area contributed by atoms with E-state index in [9.17, 15) is 0 Å². The summed E-state index contributed by atoms with van der Waals surface area (Å²) >= 11 is 18.5. The second-order valence-electron chi connectivity index (χ2n) is 4.28. The molecule has 19 heavy (non-hydrogen) atoms. The Kier molecular flexibility index (Phi) is 5.12. The maximum absolute atomic E-state index is 6.27. The summed E-state index contributed by atoms with van der Waals surface area (Å²) in [4.78, 5) is 0. The molecule has 0 radical (unpaired) electrons. The minimum Gasteiger partial charge on any atom is -0.313 e. The highest BCUT2D eigenvalue weighted by Crippen LogP contribution is 2.32. The summed E-state index contributed by atoms with van der Waals surface area (Å²) in [6.07, 6.45) is 0.760. The summed E-state index contributed by atoms with van der Waals surface area (Å²) in [5, 5.41) is 5.19. The molecule has 0 heterocycles. The molecule has 0 aliphatic heterocycles. The van der Waals surface area contributed by atoms with Crippen LogP contribution in [0, 0.1) is 0 Å². The van der Waals surface area contributed by atoms with Gasteiger partial charge in [-0.2, -0.15) is 0 Å². The highest BCUT2D eigenvalue weighted by Gasteiger charge is 2.16. The Bertz CT molecular complexity index is 569. The van der Waals surface area contributed by atoms with Crippen LogP contribution in [0.25, 0.3) is 0 Å². The topological polar surface area (TPSA) is 12.0 Å². The Morgan fingerprint density at radius 1 is 0.947 bits per heavy atom. The molecule has 2 rings (SSSR count). The van der Waals surface area contributed by atoms with Gasteiger partial charge in [0, 0.05) is 11.1 Å². The van der Waals surface area contributed by atoms with Crippen molar-refractivity contribution < 1.29 is 0 Å². The summed E-state index contributed by atoms with van der Waals surface area (Å²) in [6, 6.07) is 13.6. The molecule has 0 saturated carbocycles. The van der Waals surface area contributed by atoms with Crippen molar-refractivity contribution in [2.75, 3.05) is 7.05 Å². The highest BCUT2D eigenvalue weighted by molar-refractivity contribution is 6.42. The van der Waals surface area contributed by atoms with E-state index in [-0.39, 0.29) is 6.04 Å². The number of hydrogen-bond donors (Lipinski definition) is 1. The van der Waals surface area contributed by atoms with E-state index in [1.54, 1.807) is 6.07 Å². The minimum atomic E-state index is 0.0751. The molecule has 100 valence electrons. The molecule has 0 fully saturated rings. The van der Waals surface area contributed by atoms with Crippen molar-refractivity contribution in [1.82, 2.24) is 5.32 Å². The van der Waals surface area contributed by atoms with Gasteiger partial charge in [0.15, 0.2) is 0 Å². The molecular weight excluding hydrogens is 301 g/mol. The quantitative estimate of drug-likeness (QED) is 0.823. The standard InChI is InChI=1S/C15H14Cl3N/c1-19-14(9-10-5-2-3-7-12(10)16)11-6-4-8-13(17)15(11)18/h2-8,14,19H,9H2,1H3. The normalized spacial score (nSPS) is 12.4. The van der Waals surface area contributed by atoms with Gasteiger partial charge < -0.3 is 5.32 Å². The lowest BCUT2D eigenvalue weighted by Gasteiger charge is -2.19. The average molecular weight is 315 g/mol. The monoisotopic (exact) mass is 313 g/mol. The van der Waals surface area contributed by atoms with E-state index in [1.165, 1.54) is 0 Å². The first kappa shape index (κ1) is 14.7. The lowest BCUT2D eigenvalue weighted by molar-refractivity contribution is 0.592. The second-order valence-corrected chi connectivity index (χ2v) is 5.47. The van der Waals surface area contributed by atoms with Gasteiger partial charge in [-0.1, -0.05) is 65.1 Å². The van der Waals surface area contributed by atoms with Crippen LogP contribution in [-0.2, 0) is 6.42 Å². The first-order valence-electron chi connectivity index (χ1n) is 5.98.